The van der Waals surface area contributed by atoms with E-state index >= 15 is 0 Å². The number of rotatable bonds is 4. The Morgan fingerprint density at radius 2 is 1.76 bits per heavy atom. The Bertz CT molecular complexity index is 639. The third kappa shape index (κ3) is 4.61. The molecule has 0 saturated heterocycles. The first-order valence-electron chi connectivity index (χ1n) is 6.28. The minimum absolute atomic E-state index is 0.0489. The van der Waals surface area contributed by atoms with E-state index in [4.69, 9.17) is 0 Å². The molecule has 0 radical (unpaired) electrons. The number of thioether (sulfide) groups is 1. The molecule has 0 bridgehead atoms. The van der Waals surface area contributed by atoms with Gasteiger partial charge < -0.3 is 5.32 Å². The topological polar surface area (TPSA) is 72.2 Å². The van der Waals surface area contributed by atoms with Crippen molar-refractivity contribution < 1.29 is 9.72 Å². The lowest BCUT2D eigenvalue weighted by Gasteiger charge is -2.05. The Morgan fingerprint density at radius 1 is 1.14 bits per heavy atom. The van der Waals surface area contributed by atoms with Gasteiger partial charge in [-0.2, -0.15) is 0 Å². The first-order valence-corrected chi connectivity index (χ1v) is 7.27. The largest absolute Gasteiger partial charge is 0.317 e. The summed E-state index contributed by atoms with van der Waals surface area (Å²) in [4.78, 5) is 21.9. The summed E-state index contributed by atoms with van der Waals surface area (Å²) in [6, 6.07) is 13.7. The van der Waals surface area contributed by atoms with Gasteiger partial charge in [0, 0.05) is 23.6 Å². The molecule has 0 aliphatic carbocycles. The molecule has 2 aromatic rings. The van der Waals surface area contributed by atoms with Crippen LogP contribution in [0.5, 0.6) is 0 Å². The van der Waals surface area contributed by atoms with E-state index < -0.39 is 4.92 Å². The second kappa shape index (κ2) is 6.90. The number of nitro groups is 1. The van der Waals surface area contributed by atoms with Crippen LogP contribution in [0.2, 0.25) is 0 Å². The number of non-ortho nitro benzene ring substituents is 1. The van der Waals surface area contributed by atoms with Gasteiger partial charge in [-0.1, -0.05) is 41.6 Å². The maximum absolute atomic E-state index is 11.8. The predicted molar refractivity (Wildman–Crippen MR) is 84.6 cm³/mol. The van der Waals surface area contributed by atoms with Crippen LogP contribution < -0.4 is 5.32 Å². The summed E-state index contributed by atoms with van der Waals surface area (Å²) in [5, 5.41) is 13.2. The van der Waals surface area contributed by atoms with Crippen molar-refractivity contribution in [3.63, 3.8) is 0 Å². The number of hydrogen-bond donors (Lipinski definition) is 1. The van der Waals surface area contributed by atoms with Crippen molar-refractivity contribution in [3.8, 4) is 0 Å². The van der Waals surface area contributed by atoms with E-state index in [1.807, 2.05) is 31.2 Å². The van der Waals surface area contributed by atoms with Crippen molar-refractivity contribution in [2.75, 3.05) is 5.32 Å². The van der Waals surface area contributed by atoms with Gasteiger partial charge in [-0.3, -0.25) is 14.9 Å². The highest BCUT2D eigenvalue weighted by molar-refractivity contribution is 8.13. The SMILES string of the molecule is Cc1ccc(NC(=O)SCc2ccc([N+](=O)[O-])cc2)cc1. The molecule has 108 valence electrons. The number of hydrogen-bond acceptors (Lipinski definition) is 4. The second-order valence-electron chi connectivity index (χ2n) is 4.49. The van der Waals surface area contributed by atoms with Gasteiger partial charge >= 0.3 is 0 Å². The summed E-state index contributed by atoms with van der Waals surface area (Å²) < 4.78 is 0. The molecule has 2 aromatic carbocycles. The number of carbonyl (C=O) groups excluding carboxylic acids is 1. The Hall–Kier alpha value is -2.34. The monoisotopic (exact) mass is 302 g/mol. The van der Waals surface area contributed by atoms with Gasteiger partial charge in [-0.05, 0) is 24.6 Å². The molecule has 1 amide bonds. The Labute approximate surface area is 126 Å². The van der Waals surface area contributed by atoms with Gasteiger partial charge in [-0.25, -0.2) is 0 Å². The number of aryl methyl sites for hydroxylation is 1. The van der Waals surface area contributed by atoms with Crippen LogP contribution in [0.15, 0.2) is 48.5 Å². The van der Waals surface area contributed by atoms with Crippen LogP contribution in [0, 0.1) is 17.0 Å². The normalized spacial score (nSPS) is 10.1. The van der Waals surface area contributed by atoms with E-state index in [1.54, 1.807) is 12.1 Å². The molecule has 0 unspecified atom stereocenters. The first-order chi connectivity index (χ1) is 10.0. The molecule has 0 atom stereocenters. The van der Waals surface area contributed by atoms with Gasteiger partial charge in [0.2, 0.25) is 0 Å². The molecule has 0 aliphatic heterocycles. The van der Waals surface area contributed by atoms with Crippen LogP contribution in [0.1, 0.15) is 11.1 Å². The molecular weight excluding hydrogens is 288 g/mol. The molecule has 0 aliphatic rings. The second-order valence-corrected chi connectivity index (χ2v) is 5.44. The van der Waals surface area contributed by atoms with Crippen molar-refractivity contribution in [2.45, 2.75) is 12.7 Å². The summed E-state index contributed by atoms with van der Waals surface area (Å²) in [5.74, 6) is 0.468. The molecule has 6 heteroatoms. The Morgan fingerprint density at radius 3 is 2.33 bits per heavy atom. The van der Waals surface area contributed by atoms with Crippen molar-refractivity contribution in [1.29, 1.82) is 0 Å². The van der Waals surface area contributed by atoms with E-state index in [-0.39, 0.29) is 10.9 Å². The number of nitrogens with zero attached hydrogens (tertiary/aromatic N) is 1. The van der Waals surface area contributed by atoms with Crippen molar-refractivity contribution in [1.82, 2.24) is 0 Å². The third-order valence-electron chi connectivity index (χ3n) is 2.82. The number of benzene rings is 2. The van der Waals surface area contributed by atoms with Gasteiger partial charge in [0.15, 0.2) is 0 Å². The lowest BCUT2D eigenvalue weighted by atomic mass is 10.2. The zero-order valence-corrected chi connectivity index (χ0v) is 12.2. The van der Waals surface area contributed by atoms with Crippen LogP contribution in [0.3, 0.4) is 0 Å². The van der Waals surface area contributed by atoms with Gasteiger partial charge in [0.1, 0.15) is 0 Å². The van der Waals surface area contributed by atoms with Crippen LogP contribution >= 0.6 is 11.8 Å². The standard InChI is InChI=1S/C15H14N2O3S/c1-11-2-6-13(7-3-11)16-15(18)21-10-12-4-8-14(9-5-12)17(19)20/h2-9H,10H2,1H3,(H,16,18). The lowest BCUT2D eigenvalue weighted by molar-refractivity contribution is -0.384. The minimum atomic E-state index is -0.443. The van der Waals surface area contributed by atoms with Crippen molar-refractivity contribution in [3.05, 3.63) is 69.8 Å². The number of anilines is 1. The molecule has 2 rings (SSSR count). The van der Waals surface area contributed by atoms with Gasteiger partial charge in [0.25, 0.3) is 10.9 Å². The number of nitro benzene ring substituents is 1. The van der Waals surface area contributed by atoms with E-state index in [1.165, 1.54) is 12.1 Å². The molecule has 0 saturated carbocycles. The van der Waals surface area contributed by atoms with Crippen molar-refractivity contribution >= 4 is 28.4 Å². The van der Waals surface area contributed by atoms with Crippen LogP contribution in [0.4, 0.5) is 16.2 Å². The van der Waals surface area contributed by atoms with Crippen LogP contribution in [0.25, 0.3) is 0 Å². The Kier molecular flexibility index (Phi) is 4.94. The molecule has 0 spiro atoms. The van der Waals surface area contributed by atoms with Gasteiger partial charge in [-0.15, -0.1) is 0 Å². The van der Waals surface area contributed by atoms with E-state index in [2.05, 4.69) is 5.32 Å². The molecule has 5 nitrogen and oxygen atoms in total. The summed E-state index contributed by atoms with van der Waals surface area (Å²) in [6.07, 6.45) is 0. The highest BCUT2D eigenvalue weighted by Gasteiger charge is 2.06. The first kappa shape index (κ1) is 15.1. The molecule has 1 N–H and O–H groups in total. The van der Waals surface area contributed by atoms with Crippen molar-refractivity contribution in [2.24, 2.45) is 0 Å². The van der Waals surface area contributed by atoms with Gasteiger partial charge in [0.05, 0.1) is 4.92 Å². The lowest BCUT2D eigenvalue weighted by Crippen LogP contribution is -2.05. The zero-order valence-electron chi connectivity index (χ0n) is 11.4. The number of carbonyl (C=O) groups is 1. The minimum Gasteiger partial charge on any atom is -0.317 e. The molecule has 0 fully saturated rings. The third-order valence-corrected chi connectivity index (χ3v) is 3.66. The number of amides is 1. The van der Waals surface area contributed by atoms with E-state index in [0.717, 1.165) is 28.6 Å². The fraction of sp³-hybridized carbons (Fsp3) is 0.133. The summed E-state index contributed by atoms with van der Waals surface area (Å²) in [5.41, 5.74) is 2.80. The highest BCUT2D eigenvalue weighted by atomic mass is 32.2. The summed E-state index contributed by atoms with van der Waals surface area (Å²) in [6.45, 7) is 1.98. The number of nitrogens with one attached hydrogen (secondary N) is 1. The summed E-state index contributed by atoms with van der Waals surface area (Å²) in [7, 11) is 0. The predicted octanol–water partition coefficient (Wildman–Crippen LogP) is 4.37. The fourth-order valence-electron chi connectivity index (χ4n) is 1.65. The molecule has 0 heterocycles. The van der Waals surface area contributed by atoms with E-state index in [0.29, 0.717) is 5.75 Å². The smallest absolute Gasteiger partial charge is 0.283 e. The fourth-order valence-corrected chi connectivity index (χ4v) is 2.33. The van der Waals surface area contributed by atoms with Crippen LogP contribution in [-0.4, -0.2) is 10.2 Å². The molecule has 21 heavy (non-hydrogen) atoms. The molecular formula is C15H14N2O3S. The maximum atomic E-state index is 11.8. The zero-order chi connectivity index (χ0) is 15.2. The van der Waals surface area contributed by atoms with Crippen LogP contribution in [-0.2, 0) is 5.75 Å². The average molecular weight is 302 g/mol. The maximum Gasteiger partial charge on any atom is 0.283 e. The highest BCUT2D eigenvalue weighted by Crippen LogP contribution is 2.19. The Balaban J connectivity index is 1.86. The summed E-state index contributed by atoms with van der Waals surface area (Å²) >= 11 is 1.12. The molecule has 0 aromatic heterocycles. The van der Waals surface area contributed by atoms with E-state index in [9.17, 15) is 14.9 Å². The quantitative estimate of drug-likeness (QED) is 0.672. The average Bonchev–Trinajstić information content (AvgIpc) is 2.48.